The number of aromatic carboxylic acids is 1. The molecule has 7 nitrogen and oxygen atoms in total. The van der Waals surface area contributed by atoms with Gasteiger partial charge in [-0.25, -0.2) is 23.5 Å². The van der Waals surface area contributed by atoms with E-state index in [0.29, 0.717) is 28.3 Å². The van der Waals surface area contributed by atoms with Crippen LogP contribution in [-0.2, 0) is 6.54 Å². The molecule has 0 unspecified atom stereocenters. The number of fused-ring (bicyclic) bond motifs is 3. The Hall–Kier alpha value is -4.66. The highest BCUT2D eigenvalue weighted by atomic mass is 19.1. The van der Waals surface area contributed by atoms with Crippen molar-refractivity contribution in [2.75, 3.05) is 12.4 Å². The van der Waals surface area contributed by atoms with Crippen LogP contribution in [0.15, 0.2) is 71.9 Å². The van der Waals surface area contributed by atoms with Crippen LogP contribution in [0.2, 0.25) is 0 Å². The first-order valence-corrected chi connectivity index (χ1v) is 10.6. The lowest BCUT2D eigenvalue weighted by Gasteiger charge is -2.14. The molecule has 0 atom stereocenters. The minimum atomic E-state index is -1.17. The average molecular weight is 472 g/mol. The average Bonchev–Trinajstić information content (AvgIpc) is 3.01. The minimum Gasteiger partial charge on any atom is -0.497 e. The Morgan fingerprint density at radius 2 is 1.80 bits per heavy atom. The van der Waals surface area contributed by atoms with E-state index in [1.807, 2.05) is 12.1 Å². The van der Waals surface area contributed by atoms with Crippen molar-refractivity contribution in [1.82, 2.24) is 9.97 Å². The summed E-state index contributed by atoms with van der Waals surface area (Å²) in [6, 6.07) is 15.1. The van der Waals surface area contributed by atoms with Gasteiger partial charge < -0.3 is 15.2 Å². The molecule has 0 spiro atoms. The number of anilines is 2. The SMILES string of the molecule is COc1cccc(Nc2ncc3c(n2)-c2ccc(C(=O)O)cc2C(c2c(F)cccc2F)=NC3)c1. The summed E-state index contributed by atoms with van der Waals surface area (Å²) in [7, 11) is 1.57. The number of benzene rings is 3. The van der Waals surface area contributed by atoms with Crippen molar-refractivity contribution in [2.24, 2.45) is 4.99 Å². The van der Waals surface area contributed by atoms with Crippen molar-refractivity contribution in [3.05, 3.63) is 101 Å². The van der Waals surface area contributed by atoms with Gasteiger partial charge >= 0.3 is 5.97 Å². The van der Waals surface area contributed by atoms with Gasteiger partial charge in [0.15, 0.2) is 0 Å². The number of carboxylic acids is 1. The number of carboxylic acid groups (broad SMARTS) is 1. The third-order valence-corrected chi connectivity index (χ3v) is 5.57. The van der Waals surface area contributed by atoms with E-state index in [2.05, 4.69) is 20.3 Å². The Labute approximate surface area is 198 Å². The standard InChI is InChI=1S/C26H18F2N4O3/c1-35-17-5-2-4-16(11-17)31-26-30-13-15-12-29-24(22-20(27)6-3-7-21(22)28)19-10-14(25(33)34)8-9-18(19)23(15)32-26/h2-11,13H,12H2,1H3,(H,33,34)(H,30,31,32). The van der Waals surface area contributed by atoms with E-state index in [-0.39, 0.29) is 34.9 Å². The second-order valence-corrected chi connectivity index (χ2v) is 7.75. The fourth-order valence-electron chi connectivity index (χ4n) is 3.91. The molecule has 9 heteroatoms. The number of nitrogens with one attached hydrogen (secondary N) is 1. The van der Waals surface area contributed by atoms with E-state index in [9.17, 15) is 18.7 Å². The third kappa shape index (κ3) is 4.19. The van der Waals surface area contributed by atoms with Gasteiger partial charge in [0.1, 0.15) is 17.4 Å². The summed E-state index contributed by atoms with van der Waals surface area (Å²) in [6.45, 7) is 0.0506. The zero-order valence-electron chi connectivity index (χ0n) is 18.4. The summed E-state index contributed by atoms with van der Waals surface area (Å²) in [6.07, 6.45) is 1.59. The molecule has 0 fully saturated rings. The second-order valence-electron chi connectivity index (χ2n) is 7.75. The van der Waals surface area contributed by atoms with Gasteiger partial charge in [-0.15, -0.1) is 0 Å². The molecule has 1 aliphatic rings. The molecular weight excluding hydrogens is 454 g/mol. The van der Waals surface area contributed by atoms with Crippen LogP contribution in [0.1, 0.15) is 27.0 Å². The molecule has 0 saturated heterocycles. The zero-order chi connectivity index (χ0) is 24.5. The summed E-state index contributed by atoms with van der Waals surface area (Å²) in [4.78, 5) is 25.1. The molecule has 2 N–H and O–H groups in total. The highest BCUT2D eigenvalue weighted by Crippen LogP contribution is 2.34. The molecule has 0 radical (unpaired) electrons. The highest BCUT2D eigenvalue weighted by molar-refractivity contribution is 6.17. The van der Waals surface area contributed by atoms with Crippen LogP contribution in [0.3, 0.4) is 0 Å². The Morgan fingerprint density at radius 1 is 1.03 bits per heavy atom. The van der Waals surface area contributed by atoms with Crippen LogP contribution in [0, 0.1) is 11.6 Å². The molecule has 0 aliphatic carbocycles. The van der Waals surface area contributed by atoms with Crippen molar-refractivity contribution in [2.45, 2.75) is 6.54 Å². The topological polar surface area (TPSA) is 96.7 Å². The molecule has 1 aromatic heterocycles. The van der Waals surface area contributed by atoms with E-state index >= 15 is 0 Å². The molecule has 2 heterocycles. The number of carbonyl (C=O) groups is 1. The molecule has 0 bridgehead atoms. The number of nitrogens with zero attached hydrogens (tertiary/aromatic N) is 3. The van der Waals surface area contributed by atoms with Gasteiger partial charge in [0.25, 0.3) is 0 Å². The Balaban J connectivity index is 1.66. The zero-order valence-corrected chi connectivity index (χ0v) is 18.4. The number of aliphatic imine (C=N–C) groups is 1. The monoisotopic (exact) mass is 472 g/mol. The normalized spacial score (nSPS) is 12.1. The number of ether oxygens (including phenoxy) is 1. The number of hydrogen-bond acceptors (Lipinski definition) is 6. The maximum Gasteiger partial charge on any atom is 0.335 e. The molecule has 35 heavy (non-hydrogen) atoms. The van der Waals surface area contributed by atoms with E-state index in [4.69, 9.17) is 4.74 Å². The van der Waals surface area contributed by atoms with Crippen molar-refractivity contribution in [3.63, 3.8) is 0 Å². The van der Waals surface area contributed by atoms with E-state index in [0.717, 1.165) is 12.1 Å². The Morgan fingerprint density at radius 3 is 2.54 bits per heavy atom. The van der Waals surface area contributed by atoms with E-state index in [1.54, 1.807) is 31.5 Å². The van der Waals surface area contributed by atoms with Crippen molar-refractivity contribution in [1.29, 1.82) is 0 Å². The molecule has 3 aromatic carbocycles. The number of hydrogen-bond donors (Lipinski definition) is 2. The number of halogens is 2. The predicted octanol–water partition coefficient (Wildman–Crippen LogP) is 5.22. The summed E-state index contributed by atoms with van der Waals surface area (Å²) in [5.74, 6) is -1.83. The maximum absolute atomic E-state index is 14.7. The quantitative estimate of drug-likeness (QED) is 0.413. The van der Waals surface area contributed by atoms with Crippen LogP contribution in [-0.4, -0.2) is 33.9 Å². The van der Waals surface area contributed by atoms with Gasteiger partial charge in [-0.3, -0.25) is 4.99 Å². The fraction of sp³-hybridized carbons (Fsp3) is 0.0769. The summed E-state index contributed by atoms with van der Waals surface area (Å²) in [5.41, 5.74) is 2.19. The lowest BCUT2D eigenvalue weighted by Crippen LogP contribution is -2.11. The van der Waals surface area contributed by atoms with Crippen LogP contribution >= 0.6 is 0 Å². The van der Waals surface area contributed by atoms with Crippen molar-refractivity contribution in [3.8, 4) is 17.0 Å². The Bertz CT molecular complexity index is 1480. The fourth-order valence-corrected chi connectivity index (χ4v) is 3.91. The first-order chi connectivity index (χ1) is 16.9. The van der Waals surface area contributed by atoms with E-state index < -0.39 is 17.6 Å². The predicted molar refractivity (Wildman–Crippen MR) is 126 cm³/mol. The van der Waals surface area contributed by atoms with Crippen LogP contribution in [0.4, 0.5) is 20.4 Å². The van der Waals surface area contributed by atoms with Gasteiger partial charge in [0.2, 0.25) is 5.95 Å². The van der Waals surface area contributed by atoms with Gasteiger partial charge in [-0.2, -0.15) is 0 Å². The lowest BCUT2D eigenvalue weighted by atomic mass is 9.93. The molecule has 4 aromatic rings. The molecule has 0 amide bonds. The largest absolute Gasteiger partial charge is 0.497 e. The first-order valence-electron chi connectivity index (χ1n) is 10.6. The molecular formula is C26H18F2N4O3. The number of aromatic nitrogens is 2. The van der Waals surface area contributed by atoms with Crippen molar-refractivity contribution >= 4 is 23.3 Å². The molecule has 1 aliphatic heterocycles. The number of rotatable bonds is 5. The van der Waals surface area contributed by atoms with Crippen molar-refractivity contribution < 1.29 is 23.4 Å². The molecule has 174 valence electrons. The summed E-state index contributed by atoms with van der Waals surface area (Å²) in [5, 5.41) is 12.7. The summed E-state index contributed by atoms with van der Waals surface area (Å²) < 4.78 is 34.7. The Kier molecular flexibility index (Phi) is 5.66. The van der Waals surface area contributed by atoms with Gasteiger partial charge in [0.05, 0.1) is 36.2 Å². The van der Waals surface area contributed by atoms with Gasteiger partial charge in [-0.05, 0) is 36.4 Å². The molecule has 5 rings (SSSR count). The number of methoxy groups -OCH3 is 1. The highest BCUT2D eigenvalue weighted by Gasteiger charge is 2.26. The second kappa shape index (κ2) is 8.94. The van der Waals surface area contributed by atoms with Gasteiger partial charge in [0, 0.05) is 34.6 Å². The van der Waals surface area contributed by atoms with Crippen LogP contribution in [0.25, 0.3) is 11.3 Å². The summed E-state index contributed by atoms with van der Waals surface area (Å²) >= 11 is 0. The third-order valence-electron chi connectivity index (χ3n) is 5.57. The minimum absolute atomic E-state index is 0.0130. The molecule has 0 saturated carbocycles. The maximum atomic E-state index is 14.7. The van der Waals surface area contributed by atoms with Crippen LogP contribution in [0.5, 0.6) is 5.75 Å². The smallest absolute Gasteiger partial charge is 0.335 e. The van der Waals surface area contributed by atoms with Gasteiger partial charge in [-0.1, -0.05) is 18.2 Å². The lowest BCUT2D eigenvalue weighted by molar-refractivity contribution is 0.0697. The van der Waals surface area contributed by atoms with E-state index in [1.165, 1.54) is 18.2 Å². The van der Waals surface area contributed by atoms with Crippen LogP contribution < -0.4 is 10.1 Å². The first kappa shape index (κ1) is 22.1.